The van der Waals surface area contributed by atoms with E-state index in [0.29, 0.717) is 5.56 Å². The fraction of sp³-hybridized carbons (Fsp3) is 0.217. The predicted molar refractivity (Wildman–Crippen MR) is 122 cm³/mol. The van der Waals surface area contributed by atoms with E-state index in [-0.39, 0.29) is 5.82 Å². The quantitative estimate of drug-likeness (QED) is 0.461. The van der Waals surface area contributed by atoms with Gasteiger partial charge in [-0.25, -0.2) is 14.4 Å². The third-order valence-corrected chi connectivity index (χ3v) is 6.37. The van der Waals surface area contributed by atoms with Gasteiger partial charge in [0, 0.05) is 68.0 Å². The van der Waals surface area contributed by atoms with Gasteiger partial charge in [0.05, 0.1) is 11.1 Å². The van der Waals surface area contributed by atoms with Crippen LogP contribution in [0.25, 0.3) is 22.2 Å². The van der Waals surface area contributed by atoms with Crippen LogP contribution in [0.5, 0.6) is 0 Å². The fourth-order valence-corrected chi connectivity index (χ4v) is 4.61. The molecule has 0 unspecified atom stereocenters. The lowest BCUT2D eigenvalue weighted by molar-refractivity contribution is 0.630. The Bertz CT molecular complexity index is 1250. The van der Waals surface area contributed by atoms with E-state index in [4.69, 9.17) is 0 Å². The number of aryl methyl sites for hydroxylation is 2. The first-order chi connectivity index (χ1) is 14.5. The van der Waals surface area contributed by atoms with Gasteiger partial charge >= 0.3 is 0 Å². The molecule has 0 radical (unpaired) electrons. The molecule has 3 aromatic heterocycles. The Balaban J connectivity index is 1.60. The number of anilines is 2. The van der Waals surface area contributed by atoms with E-state index < -0.39 is 0 Å². The van der Waals surface area contributed by atoms with Gasteiger partial charge in [-0.15, -0.1) is 0 Å². The highest BCUT2D eigenvalue weighted by molar-refractivity contribution is 8.00. The van der Waals surface area contributed by atoms with Gasteiger partial charge in [0.25, 0.3) is 0 Å². The first kappa shape index (κ1) is 18.9. The molecule has 0 spiro atoms. The summed E-state index contributed by atoms with van der Waals surface area (Å²) in [7, 11) is 3.99. The molecule has 1 aromatic carbocycles. The van der Waals surface area contributed by atoms with Crippen molar-refractivity contribution in [1.29, 1.82) is 0 Å². The Morgan fingerprint density at radius 2 is 1.97 bits per heavy atom. The number of hydrogen-bond donors (Lipinski definition) is 1. The summed E-state index contributed by atoms with van der Waals surface area (Å²) in [6.45, 7) is 2.93. The van der Waals surface area contributed by atoms with Gasteiger partial charge < -0.3 is 14.2 Å². The lowest BCUT2D eigenvalue weighted by atomic mass is 10.0. The Labute approximate surface area is 179 Å². The van der Waals surface area contributed by atoms with Crippen molar-refractivity contribution < 1.29 is 4.39 Å². The molecule has 4 aromatic rings. The lowest BCUT2D eigenvalue weighted by Gasteiger charge is -2.14. The van der Waals surface area contributed by atoms with E-state index in [1.807, 2.05) is 55.2 Å². The summed E-state index contributed by atoms with van der Waals surface area (Å²) in [6, 6.07) is 9.58. The van der Waals surface area contributed by atoms with Crippen LogP contribution in [0.1, 0.15) is 11.1 Å². The number of pyridine rings is 2. The van der Waals surface area contributed by atoms with Gasteiger partial charge in [-0.05, 0) is 48.7 Å². The number of nitrogens with zero attached hydrogens (tertiary/aromatic N) is 4. The molecule has 0 amide bonds. The molecule has 0 saturated carbocycles. The minimum Gasteiger partial charge on any atom is -0.374 e. The molecule has 1 aliphatic heterocycles. The number of hydrogen-bond acceptors (Lipinski definition) is 5. The Morgan fingerprint density at radius 3 is 2.77 bits per heavy atom. The maximum Gasteiger partial charge on any atom is 0.142 e. The van der Waals surface area contributed by atoms with Gasteiger partial charge in [0.1, 0.15) is 16.5 Å². The normalized spacial score (nSPS) is 13.1. The zero-order valence-corrected chi connectivity index (χ0v) is 17.9. The molecule has 152 valence electrons. The molecular weight excluding hydrogens is 397 g/mol. The largest absolute Gasteiger partial charge is 0.374 e. The molecule has 0 bridgehead atoms. The lowest BCUT2D eigenvalue weighted by Crippen LogP contribution is -2.12. The monoisotopic (exact) mass is 419 g/mol. The second-order valence-electron chi connectivity index (χ2n) is 7.72. The van der Waals surface area contributed by atoms with Crippen molar-refractivity contribution in [3.63, 3.8) is 0 Å². The van der Waals surface area contributed by atoms with Crippen molar-refractivity contribution in [2.24, 2.45) is 7.05 Å². The van der Waals surface area contributed by atoms with Crippen LogP contribution in [0.4, 0.5) is 15.8 Å². The van der Waals surface area contributed by atoms with Crippen LogP contribution in [0.3, 0.4) is 0 Å². The summed E-state index contributed by atoms with van der Waals surface area (Å²) in [5, 5.41) is 1.77. The first-order valence-electron chi connectivity index (χ1n) is 9.85. The number of likely N-dealkylation sites (N-methyl/N-ethyl adjacent to an activating group) is 1. The standard InChI is InChI=1S/C23H22FN5S/c1-14-4-5-21(26-12-14)30-27-19-6-8-25-23-22(19)17(13-29(23)3)16-11-20-15(10-18(16)24)7-9-28(20)2/h4-6,8,10-13H,7,9H2,1-3H3,(H,25,27). The van der Waals surface area contributed by atoms with E-state index in [9.17, 15) is 0 Å². The number of benzene rings is 1. The van der Waals surface area contributed by atoms with Gasteiger partial charge in [-0.1, -0.05) is 6.07 Å². The fourth-order valence-electron chi connectivity index (χ4n) is 3.99. The molecule has 1 N–H and O–H groups in total. The Kier molecular flexibility index (Phi) is 4.62. The van der Waals surface area contributed by atoms with Gasteiger partial charge in [-0.3, -0.25) is 0 Å². The molecule has 0 saturated heterocycles. The van der Waals surface area contributed by atoms with Crippen LogP contribution in [-0.4, -0.2) is 28.1 Å². The average Bonchev–Trinajstić information content (AvgIpc) is 3.27. The van der Waals surface area contributed by atoms with Crippen LogP contribution >= 0.6 is 11.9 Å². The zero-order valence-electron chi connectivity index (χ0n) is 17.1. The third kappa shape index (κ3) is 3.19. The summed E-state index contributed by atoms with van der Waals surface area (Å²) in [4.78, 5) is 11.2. The molecule has 7 heteroatoms. The summed E-state index contributed by atoms with van der Waals surface area (Å²) in [6.07, 6.45) is 6.45. The van der Waals surface area contributed by atoms with Gasteiger partial charge in [0.2, 0.25) is 0 Å². The predicted octanol–water partition coefficient (Wildman–Crippen LogP) is 5.19. The van der Waals surface area contributed by atoms with Crippen molar-refractivity contribution in [3.8, 4) is 11.1 Å². The van der Waals surface area contributed by atoms with E-state index in [2.05, 4.69) is 26.6 Å². The minimum atomic E-state index is -0.195. The molecule has 30 heavy (non-hydrogen) atoms. The van der Waals surface area contributed by atoms with Crippen molar-refractivity contribution in [2.45, 2.75) is 18.4 Å². The summed E-state index contributed by atoms with van der Waals surface area (Å²) < 4.78 is 20.5. The van der Waals surface area contributed by atoms with Gasteiger partial charge in [0.15, 0.2) is 0 Å². The van der Waals surface area contributed by atoms with Crippen molar-refractivity contribution in [2.75, 3.05) is 23.2 Å². The number of rotatable bonds is 4. The topological polar surface area (TPSA) is 46.0 Å². The highest BCUT2D eigenvalue weighted by Gasteiger charge is 2.22. The van der Waals surface area contributed by atoms with E-state index >= 15 is 4.39 Å². The molecule has 0 atom stereocenters. The highest BCUT2D eigenvalue weighted by atomic mass is 32.2. The smallest absolute Gasteiger partial charge is 0.142 e. The zero-order chi connectivity index (χ0) is 20.8. The molecule has 0 aliphatic carbocycles. The van der Waals surface area contributed by atoms with Crippen LogP contribution in [-0.2, 0) is 13.5 Å². The van der Waals surface area contributed by atoms with Crippen molar-refractivity contribution in [1.82, 2.24) is 14.5 Å². The SMILES string of the molecule is Cc1ccc(SNc2ccnc3c2c(-c2cc4c(cc2F)CCN4C)cn3C)nc1. The average molecular weight is 420 g/mol. The van der Waals surface area contributed by atoms with Crippen molar-refractivity contribution >= 4 is 34.4 Å². The molecule has 5 nitrogen and oxygen atoms in total. The van der Waals surface area contributed by atoms with E-state index in [1.165, 1.54) is 11.9 Å². The minimum absolute atomic E-state index is 0.195. The number of aromatic nitrogens is 3. The van der Waals surface area contributed by atoms with Crippen LogP contribution in [0.15, 0.2) is 53.9 Å². The van der Waals surface area contributed by atoms with Crippen LogP contribution in [0.2, 0.25) is 0 Å². The van der Waals surface area contributed by atoms with Crippen molar-refractivity contribution in [3.05, 3.63) is 65.9 Å². The summed E-state index contributed by atoms with van der Waals surface area (Å²) in [5.41, 5.74) is 6.41. The Morgan fingerprint density at radius 1 is 1.10 bits per heavy atom. The number of halogens is 1. The number of nitrogens with one attached hydrogen (secondary N) is 1. The number of fused-ring (bicyclic) bond motifs is 2. The highest BCUT2D eigenvalue weighted by Crippen LogP contribution is 2.40. The van der Waals surface area contributed by atoms with Crippen LogP contribution in [0, 0.1) is 12.7 Å². The third-order valence-electron chi connectivity index (χ3n) is 5.59. The maximum atomic E-state index is 15.1. The molecular formula is C23H22FN5S. The Hall–Kier alpha value is -3.06. The van der Waals surface area contributed by atoms with Gasteiger partial charge in [-0.2, -0.15) is 0 Å². The van der Waals surface area contributed by atoms with Crippen LogP contribution < -0.4 is 9.62 Å². The van der Waals surface area contributed by atoms with E-state index in [1.54, 1.807) is 12.3 Å². The first-order valence-corrected chi connectivity index (χ1v) is 10.7. The molecule has 5 rings (SSSR count). The summed E-state index contributed by atoms with van der Waals surface area (Å²) >= 11 is 1.43. The molecule has 4 heterocycles. The second kappa shape index (κ2) is 7.32. The maximum absolute atomic E-state index is 15.1. The molecule has 0 fully saturated rings. The molecule has 1 aliphatic rings. The van der Waals surface area contributed by atoms with E-state index in [0.717, 1.165) is 57.1 Å². The summed E-state index contributed by atoms with van der Waals surface area (Å²) in [5.74, 6) is -0.195. The second-order valence-corrected chi connectivity index (χ2v) is 8.55.